The number of amides is 1. The molecule has 0 radical (unpaired) electrons. The van der Waals surface area contributed by atoms with Crippen LogP contribution in [0.5, 0.6) is 5.75 Å². The van der Waals surface area contributed by atoms with Gasteiger partial charge < -0.3 is 4.74 Å². The van der Waals surface area contributed by atoms with Crippen molar-refractivity contribution in [3.63, 3.8) is 0 Å². The van der Waals surface area contributed by atoms with Crippen molar-refractivity contribution in [2.24, 2.45) is 4.99 Å². The molecule has 4 rings (SSSR count). The van der Waals surface area contributed by atoms with Gasteiger partial charge in [0, 0.05) is 7.05 Å². The van der Waals surface area contributed by atoms with E-state index in [0.29, 0.717) is 22.4 Å². The van der Waals surface area contributed by atoms with Crippen LogP contribution in [0.4, 0.5) is 10.1 Å². The van der Waals surface area contributed by atoms with Gasteiger partial charge in [0.25, 0.3) is 5.91 Å². The fourth-order valence-corrected chi connectivity index (χ4v) is 3.81. The van der Waals surface area contributed by atoms with Crippen molar-refractivity contribution in [2.45, 2.75) is 6.61 Å². The molecule has 0 N–H and O–H groups in total. The normalized spacial score (nSPS) is 16.5. The molecule has 1 aliphatic heterocycles. The molecule has 1 aliphatic rings. The van der Waals surface area contributed by atoms with E-state index in [1.54, 1.807) is 24.1 Å². The smallest absolute Gasteiger partial charge is 0.266 e. The third-order valence-corrected chi connectivity index (χ3v) is 5.54. The maximum absolute atomic E-state index is 13.0. The van der Waals surface area contributed by atoms with E-state index in [2.05, 4.69) is 4.99 Å². The number of carbonyl (C=O) groups is 1. The molecule has 0 saturated carbocycles. The van der Waals surface area contributed by atoms with Gasteiger partial charge in [-0.1, -0.05) is 42.5 Å². The van der Waals surface area contributed by atoms with Crippen LogP contribution in [0.1, 0.15) is 11.1 Å². The zero-order valence-electron chi connectivity index (χ0n) is 16.3. The van der Waals surface area contributed by atoms with Crippen LogP contribution < -0.4 is 4.74 Å². The minimum Gasteiger partial charge on any atom is -0.489 e. The molecule has 0 aromatic heterocycles. The maximum atomic E-state index is 13.0. The number of amidine groups is 1. The lowest BCUT2D eigenvalue weighted by atomic mass is 10.2. The van der Waals surface area contributed by atoms with Crippen LogP contribution in [0.3, 0.4) is 0 Å². The number of nitrogens with zero attached hydrogens (tertiary/aromatic N) is 2. The second kappa shape index (κ2) is 8.97. The summed E-state index contributed by atoms with van der Waals surface area (Å²) < 4.78 is 18.7. The molecule has 4 nitrogen and oxygen atoms in total. The third-order valence-electron chi connectivity index (χ3n) is 4.48. The van der Waals surface area contributed by atoms with Crippen LogP contribution in [-0.4, -0.2) is 23.0 Å². The summed E-state index contributed by atoms with van der Waals surface area (Å²) in [4.78, 5) is 19.3. The SMILES string of the molecule is CN1C(=O)/C(=C\c2ccc(OCc3ccc(F)cc3)cc2)SC1=Nc1ccccc1. The standard InChI is InChI=1S/C24H19FN2O2S/c1-27-23(28)22(30-24(27)26-20-5-3-2-4-6-20)15-17-9-13-21(14-10-17)29-16-18-7-11-19(25)12-8-18/h2-15H,16H2,1H3/b22-15+,26-24?. The van der Waals surface area contributed by atoms with Gasteiger partial charge >= 0.3 is 0 Å². The highest BCUT2D eigenvalue weighted by molar-refractivity contribution is 8.18. The second-order valence-electron chi connectivity index (χ2n) is 6.69. The predicted octanol–water partition coefficient (Wildman–Crippen LogP) is 5.64. The average Bonchev–Trinajstić information content (AvgIpc) is 3.03. The Bertz CT molecular complexity index is 1090. The van der Waals surface area contributed by atoms with Gasteiger partial charge in [0.2, 0.25) is 0 Å². The number of aliphatic imine (C=N–C) groups is 1. The molecule has 3 aromatic carbocycles. The summed E-state index contributed by atoms with van der Waals surface area (Å²) in [5.41, 5.74) is 2.60. The summed E-state index contributed by atoms with van der Waals surface area (Å²) in [6.45, 7) is 0.360. The topological polar surface area (TPSA) is 41.9 Å². The molecule has 1 fully saturated rings. The third kappa shape index (κ3) is 4.78. The summed E-state index contributed by atoms with van der Waals surface area (Å²) in [5.74, 6) is 0.361. The Kier molecular flexibility index (Phi) is 5.95. The van der Waals surface area contributed by atoms with E-state index >= 15 is 0 Å². The molecule has 0 atom stereocenters. The Balaban J connectivity index is 1.43. The number of rotatable bonds is 5. The fraction of sp³-hybridized carbons (Fsp3) is 0.0833. The van der Waals surface area contributed by atoms with Crippen LogP contribution in [0, 0.1) is 5.82 Å². The summed E-state index contributed by atoms with van der Waals surface area (Å²) in [5, 5.41) is 0.650. The number of hydrogen-bond donors (Lipinski definition) is 0. The zero-order valence-corrected chi connectivity index (χ0v) is 17.1. The molecule has 1 amide bonds. The number of para-hydroxylation sites is 1. The van der Waals surface area contributed by atoms with Crippen LogP contribution in [0.2, 0.25) is 0 Å². The molecule has 3 aromatic rings. The molecule has 30 heavy (non-hydrogen) atoms. The first kappa shape index (κ1) is 19.9. The van der Waals surface area contributed by atoms with E-state index in [4.69, 9.17) is 4.74 Å². The second-order valence-corrected chi connectivity index (χ2v) is 7.70. The van der Waals surface area contributed by atoms with E-state index in [-0.39, 0.29) is 11.7 Å². The lowest BCUT2D eigenvalue weighted by Gasteiger charge is -2.07. The predicted molar refractivity (Wildman–Crippen MR) is 119 cm³/mol. The number of halogens is 1. The lowest BCUT2D eigenvalue weighted by molar-refractivity contribution is -0.121. The Morgan fingerprint density at radius 3 is 2.40 bits per heavy atom. The maximum Gasteiger partial charge on any atom is 0.266 e. The van der Waals surface area contributed by atoms with Gasteiger partial charge in [-0.05, 0) is 65.4 Å². The molecule has 6 heteroatoms. The Labute approximate surface area is 178 Å². The Morgan fingerprint density at radius 1 is 1.00 bits per heavy atom. The van der Waals surface area contributed by atoms with Crippen LogP contribution in [0.25, 0.3) is 6.08 Å². The number of ether oxygens (including phenoxy) is 1. The highest BCUT2D eigenvalue weighted by Crippen LogP contribution is 2.33. The monoisotopic (exact) mass is 418 g/mol. The number of hydrogen-bond acceptors (Lipinski definition) is 4. The van der Waals surface area contributed by atoms with Gasteiger partial charge in [0.1, 0.15) is 18.2 Å². The van der Waals surface area contributed by atoms with Gasteiger partial charge in [-0.2, -0.15) is 0 Å². The van der Waals surface area contributed by atoms with E-state index in [1.165, 1.54) is 23.9 Å². The van der Waals surface area contributed by atoms with Gasteiger partial charge in [-0.15, -0.1) is 0 Å². The quantitative estimate of drug-likeness (QED) is 0.504. The Hall–Kier alpha value is -3.38. The number of benzene rings is 3. The summed E-state index contributed by atoms with van der Waals surface area (Å²) in [6.07, 6.45) is 1.85. The van der Waals surface area contributed by atoms with E-state index in [0.717, 1.165) is 16.8 Å². The number of likely N-dealkylation sites (N-methyl/N-ethyl adjacent to an activating group) is 1. The molecule has 150 valence electrons. The average molecular weight is 418 g/mol. The first-order valence-electron chi connectivity index (χ1n) is 9.37. The molecular formula is C24H19FN2O2S. The molecule has 0 aliphatic carbocycles. The van der Waals surface area contributed by atoms with Crippen molar-refractivity contribution in [1.29, 1.82) is 0 Å². The molecular weight excluding hydrogens is 399 g/mol. The highest BCUT2D eigenvalue weighted by Gasteiger charge is 2.30. The van der Waals surface area contributed by atoms with Gasteiger partial charge in [-0.25, -0.2) is 9.38 Å². The van der Waals surface area contributed by atoms with Gasteiger partial charge in [-0.3, -0.25) is 9.69 Å². The van der Waals surface area contributed by atoms with E-state index < -0.39 is 0 Å². The lowest BCUT2D eigenvalue weighted by Crippen LogP contribution is -2.23. The molecule has 1 heterocycles. The zero-order chi connectivity index (χ0) is 20.9. The van der Waals surface area contributed by atoms with Crippen LogP contribution in [-0.2, 0) is 11.4 Å². The van der Waals surface area contributed by atoms with Crippen LogP contribution in [0.15, 0.2) is 88.8 Å². The number of carbonyl (C=O) groups excluding carboxylic acids is 1. The van der Waals surface area contributed by atoms with Crippen molar-refractivity contribution in [2.75, 3.05) is 7.05 Å². The van der Waals surface area contributed by atoms with Gasteiger partial charge in [0.15, 0.2) is 5.17 Å². The summed E-state index contributed by atoms with van der Waals surface area (Å²) in [6, 6.07) is 23.3. The van der Waals surface area contributed by atoms with Crippen molar-refractivity contribution < 1.29 is 13.9 Å². The summed E-state index contributed by atoms with van der Waals surface area (Å²) in [7, 11) is 1.73. The Morgan fingerprint density at radius 2 is 1.70 bits per heavy atom. The van der Waals surface area contributed by atoms with Crippen molar-refractivity contribution >= 4 is 34.6 Å². The van der Waals surface area contributed by atoms with Crippen molar-refractivity contribution in [1.82, 2.24) is 4.90 Å². The van der Waals surface area contributed by atoms with Gasteiger partial charge in [0.05, 0.1) is 10.6 Å². The minimum absolute atomic E-state index is 0.0775. The van der Waals surface area contributed by atoms with E-state index in [9.17, 15) is 9.18 Å². The van der Waals surface area contributed by atoms with Crippen molar-refractivity contribution in [3.05, 3.63) is 101 Å². The molecule has 1 saturated heterocycles. The van der Waals surface area contributed by atoms with E-state index in [1.807, 2.05) is 60.7 Å². The highest BCUT2D eigenvalue weighted by atomic mass is 32.2. The molecule has 0 bridgehead atoms. The summed E-state index contributed by atoms with van der Waals surface area (Å²) >= 11 is 1.36. The molecule has 0 spiro atoms. The molecule has 0 unspecified atom stereocenters. The first-order chi connectivity index (χ1) is 14.6. The van der Waals surface area contributed by atoms with Crippen LogP contribution >= 0.6 is 11.8 Å². The largest absolute Gasteiger partial charge is 0.489 e. The van der Waals surface area contributed by atoms with Crippen molar-refractivity contribution in [3.8, 4) is 5.75 Å². The first-order valence-corrected chi connectivity index (χ1v) is 10.2. The fourth-order valence-electron chi connectivity index (χ4n) is 2.82. The number of thioether (sulfide) groups is 1. The minimum atomic E-state index is -0.266.